The van der Waals surface area contributed by atoms with Gasteiger partial charge in [0.15, 0.2) is 5.16 Å². The number of aromatic nitrogens is 3. The molecule has 112 valence electrons. The lowest BCUT2D eigenvalue weighted by atomic mass is 10.1. The zero-order chi connectivity index (χ0) is 15.4. The van der Waals surface area contributed by atoms with Crippen molar-refractivity contribution in [2.75, 3.05) is 0 Å². The van der Waals surface area contributed by atoms with Crippen LogP contribution in [0, 0.1) is 5.82 Å². The lowest BCUT2D eigenvalue weighted by Crippen LogP contribution is -2.17. The number of rotatable bonds is 6. The van der Waals surface area contributed by atoms with E-state index in [1.165, 1.54) is 28.5 Å². The van der Waals surface area contributed by atoms with Gasteiger partial charge in [-0.25, -0.2) is 19.1 Å². The van der Waals surface area contributed by atoms with Crippen molar-refractivity contribution < 1.29 is 14.3 Å². The van der Waals surface area contributed by atoms with Crippen LogP contribution in [0.25, 0.3) is 0 Å². The molecule has 1 aromatic carbocycles. The smallest absolute Gasteiger partial charge is 0.343 e. The van der Waals surface area contributed by atoms with E-state index in [1.807, 2.05) is 6.92 Å². The molecule has 8 heteroatoms. The summed E-state index contributed by atoms with van der Waals surface area (Å²) in [4.78, 5) is 22.4. The van der Waals surface area contributed by atoms with Crippen LogP contribution in [0.15, 0.2) is 28.2 Å². The molecule has 2 aromatic rings. The van der Waals surface area contributed by atoms with Gasteiger partial charge in [-0.2, -0.15) is 0 Å². The number of halogens is 1. The summed E-state index contributed by atoms with van der Waals surface area (Å²) in [5.41, 5.74) is 0.0167. The number of H-pyrrole nitrogens is 1. The first-order valence-electron chi connectivity index (χ1n) is 6.32. The molecule has 2 N–H and O–H groups in total. The molecule has 0 unspecified atom stereocenters. The quantitative estimate of drug-likeness (QED) is 0.798. The minimum atomic E-state index is -1.30. The zero-order valence-electron chi connectivity index (χ0n) is 11.3. The SMILES string of the molecule is CCCn1c(SCc2ccc(F)c(C(=O)O)c2)n[nH]c1=O. The summed E-state index contributed by atoms with van der Waals surface area (Å²) in [6.07, 6.45) is 0.798. The molecule has 0 aliphatic heterocycles. The Bertz CT molecular complexity index is 711. The fourth-order valence-electron chi connectivity index (χ4n) is 1.81. The zero-order valence-corrected chi connectivity index (χ0v) is 12.1. The van der Waals surface area contributed by atoms with Gasteiger partial charge in [0, 0.05) is 12.3 Å². The molecular formula is C13H14FN3O3S. The fourth-order valence-corrected chi connectivity index (χ4v) is 2.72. The monoisotopic (exact) mass is 311 g/mol. The van der Waals surface area contributed by atoms with Crippen LogP contribution in [0.3, 0.4) is 0 Å². The van der Waals surface area contributed by atoms with Gasteiger partial charge in [-0.1, -0.05) is 24.8 Å². The summed E-state index contributed by atoms with van der Waals surface area (Å²) in [5, 5.41) is 15.7. The molecule has 0 aliphatic rings. The molecule has 6 nitrogen and oxygen atoms in total. The number of thioether (sulfide) groups is 1. The molecule has 2 rings (SSSR count). The molecule has 0 spiro atoms. The van der Waals surface area contributed by atoms with E-state index in [4.69, 9.17) is 5.11 Å². The Kier molecular flexibility index (Phi) is 4.79. The van der Waals surface area contributed by atoms with E-state index in [0.717, 1.165) is 12.5 Å². The van der Waals surface area contributed by atoms with Gasteiger partial charge < -0.3 is 5.11 Å². The molecule has 0 atom stereocenters. The Morgan fingerprint density at radius 1 is 1.52 bits per heavy atom. The van der Waals surface area contributed by atoms with Crippen molar-refractivity contribution in [1.82, 2.24) is 14.8 Å². The minimum absolute atomic E-state index is 0.273. The molecule has 1 heterocycles. The van der Waals surface area contributed by atoms with Crippen LogP contribution in [0.1, 0.15) is 29.3 Å². The maximum atomic E-state index is 13.3. The lowest BCUT2D eigenvalue weighted by molar-refractivity contribution is 0.0692. The van der Waals surface area contributed by atoms with Gasteiger partial charge in [-0.3, -0.25) is 4.57 Å². The Hall–Kier alpha value is -2.09. The van der Waals surface area contributed by atoms with E-state index in [1.54, 1.807) is 0 Å². The Morgan fingerprint density at radius 2 is 2.29 bits per heavy atom. The maximum absolute atomic E-state index is 13.3. The molecule has 1 aromatic heterocycles. The Morgan fingerprint density at radius 3 is 2.95 bits per heavy atom. The topological polar surface area (TPSA) is 88.0 Å². The highest BCUT2D eigenvalue weighted by molar-refractivity contribution is 7.98. The highest BCUT2D eigenvalue weighted by Crippen LogP contribution is 2.21. The van der Waals surface area contributed by atoms with Crippen molar-refractivity contribution in [3.05, 3.63) is 45.6 Å². The molecule has 0 saturated carbocycles. The standard InChI is InChI=1S/C13H14FN3O3S/c1-2-5-17-12(20)15-16-13(17)21-7-8-3-4-10(14)9(6-8)11(18)19/h3-4,6H,2,5,7H2,1H3,(H,15,20)(H,18,19). The van der Waals surface area contributed by atoms with Crippen LogP contribution in [-0.2, 0) is 12.3 Å². The van der Waals surface area contributed by atoms with Crippen molar-refractivity contribution in [1.29, 1.82) is 0 Å². The average Bonchev–Trinajstić information content (AvgIpc) is 2.79. The second-order valence-electron chi connectivity index (χ2n) is 4.37. The van der Waals surface area contributed by atoms with Gasteiger partial charge in [-0.05, 0) is 24.1 Å². The van der Waals surface area contributed by atoms with Gasteiger partial charge in [0.2, 0.25) is 0 Å². The highest BCUT2D eigenvalue weighted by atomic mass is 32.2. The molecule has 0 amide bonds. The number of carboxylic acid groups (broad SMARTS) is 1. The maximum Gasteiger partial charge on any atom is 0.343 e. The minimum Gasteiger partial charge on any atom is -0.478 e. The van der Waals surface area contributed by atoms with Crippen molar-refractivity contribution in [3.8, 4) is 0 Å². The Labute approximate surface area is 124 Å². The summed E-state index contributed by atoms with van der Waals surface area (Å²) in [6.45, 7) is 2.51. The molecular weight excluding hydrogens is 297 g/mol. The fraction of sp³-hybridized carbons (Fsp3) is 0.308. The lowest BCUT2D eigenvalue weighted by Gasteiger charge is -2.05. The summed E-state index contributed by atoms with van der Waals surface area (Å²) < 4.78 is 14.8. The number of hydrogen-bond donors (Lipinski definition) is 2. The van der Waals surface area contributed by atoms with E-state index in [0.29, 0.717) is 23.0 Å². The van der Waals surface area contributed by atoms with Crippen LogP contribution in [0.5, 0.6) is 0 Å². The van der Waals surface area contributed by atoms with E-state index < -0.39 is 11.8 Å². The summed E-state index contributed by atoms with van der Waals surface area (Å²) in [5.74, 6) is -1.67. The number of nitrogens with zero attached hydrogens (tertiary/aromatic N) is 2. The van der Waals surface area contributed by atoms with Gasteiger partial charge in [0.05, 0.1) is 5.56 Å². The van der Waals surface area contributed by atoms with E-state index in [2.05, 4.69) is 10.2 Å². The predicted octanol–water partition coefficient (Wildman–Crippen LogP) is 2.11. The first-order chi connectivity index (χ1) is 10.0. The average molecular weight is 311 g/mol. The molecule has 0 bridgehead atoms. The molecule has 0 fully saturated rings. The number of nitrogens with one attached hydrogen (secondary N) is 1. The van der Waals surface area contributed by atoms with E-state index in [9.17, 15) is 14.0 Å². The summed E-state index contributed by atoms with van der Waals surface area (Å²) in [6, 6.07) is 3.94. The van der Waals surface area contributed by atoms with Crippen LogP contribution in [0.2, 0.25) is 0 Å². The molecule has 0 saturated heterocycles. The molecule has 0 radical (unpaired) electrons. The third-order valence-electron chi connectivity index (χ3n) is 2.80. The predicted molar refractivity (Wildman–Crippen MR) is 76.1 cm³/mol. The largest absolute Gasteiger partial charge is 0.478 e. The number of benzene rings is 1. The normalized spacial score (nSPS) is 10.8. The van der Waals surface area contributed by atoms with Crippen LogP contribution >= 0.6 is 11.8 Å². The van der Waals surface area contributed by atoms with Crippen molar-refractivity contribution in [2.45, 2.75) is 30.8 Å². The molecule has 21 heavy (non-hydrogen) atoms. The second-order valence-corrected chi connectivity index (χ2v) is 5.31. The summed E-state index contributed by atoms with van der Waals surface area (Å²) in [7, 11) is 0. The third kappa shape index (κ3) is 3.52. The van der Waals surface area contributed by atoms with Gasteiger partial charge >= 0.3 is 11.7 Å². The second kappa shape index (κ2) is 6.57. The van der Waals surface area contributed by atoms with Crippen molar-refractivity contribution >= 4 is 17.7 Å². The van der Waals surface area contributed by atoms with Crippen LogP contribution in [0.4, 0.5) is 4.39 Å². The van der Waals surface area contributed by atoms with Gasteiger partial charge in [0.1, 0.15) is 5.82 Å². The van der Waals surface area contributed by atoms with Gasteiger partial charge in [-0.15, -0.1) is 5.10 Å². The third-order valence-corrected chi connectivity index (χ3v) is 3.85. The van der Waals surface area contributed by atoms with Gasteiger partial charge in [0.25, 0.3) is 0 Å². The Balaban J connectivity index is 2.15. The summed E-state index contributed by atoms with van der Waals surface area (Å²) >= 11 is 1.29. The van der Waals surface area contributed by atoms with E-state index >= 15 is 0 Å². The number of aromatic carboxylic acids is 1. The number of hydrogen-bond acceptors (Lipinski definition) is 4. The van der Waals surface area contributed by atoms with Crippen LogP contribution in [-0.4, -0.2) is 25.8 Å². The number of aromatic amines is 1. The molecule has 0 aliphatic carbocycles. The van der Waals surface area contributed by atoms with E-state index in [-0.39, 0.29) is 11.3 Å². The first kappa shape index (κ1) is 15.3. The van der Waals surface area contributed by atoms with Crippen molar-refractivity contribution in [2.24, 2.45) is 0 Å². The number of carboxylic acids is 1. The highest BCUT2D eigenvalue weighted by Gasteiger charge is 2.12. The number of carbonyl (C=O) groups is 1. The van der Waals surface area contributed by atoms with Crippen LogP contribution < -0.4 is 5.69 Å². The van der Waals surface area contributed by atoms with Crippen molar-refractivity contribution in [3.63, 3.8) is 0 Å². The first-order valence-corrected chi connectivity index (χ1v) is 7.31.